The van der Waals surface area contributed by atoms with Crippen LogP contribution in [-0.4, -0.2) is 19.5 Å². The molecule has 0 N–H and O–H groups in total. The van der Waals surface area contributed by atoms with Crippen LogP contribution < -0.4 is 0 Å². The number of hydrogen-bond donors (Lipinski definition) is 0. The van der Waals surface area contributed by atoms with Crippen molar-refractivity contribution in [3.05, 3.63) is 218 Å². The molecule has 0 fully saturated rings. The Morgan fingerprint density at radius 1 is 0.306 bits per heavy atom. The van der Waals surface area contributed by atoms with Gasteiger partial charge in [0.05, 0.1) is 15.7 Å². The average molecular weight is 809 g/mol. The molecule has 0 atom stereocenters. The molecule has 0 aliphatic carbocycles. The average Bonchev–Trinajstić information content (AvgIpc) is 3.91. The number of para-hydroxylation sites is 1. The summed E-state index contributed by atoms with van der Waals surface area (Å²) in [7, 11) is 0. The van der Waals surface area contributed by atoms with Gasteiger partial charge in [-0.15, -0.1) is 11.3 Å². The van der Waals surface area contributed by atoms with E-state index in [-0.39, 0.29) is 0 Å². The smallest absolute Gasteiger partial charge is 0.164 e. The van der Waals surface area contributed by atoms with E-state index in [9.17, 15) is 0 Å². The Morgan fingerprint density at radius 3 is 1.52 bits per heavy atom. The molecule has 0 amide bonds. The minimum atomic E-state index is 0.606. The second kappa shape index (κ2) is 14.9. The molecule has 12 aromatic rings. The lowest BCUT2D eigenvalue weighted by atomic mass is 10.0. The maximum absolute atomic E-state index is 5.33. The summed E-state index contributed by atoms with van der Waals surface area (Å²) in [5.74, 6) is 1.84. The van der Waals surface area contributed by atoms with E-state index in [1.54, 1.807) is 0 Å². The Labute approximate surface area is 362 Å². The summed E-state index contributed by atoms with van der Waals surface area (Å²) in [5, 5.41) is 5.00. The molecule has 0 saturated carbocycles. The van der Waals surface area contributed by atoms with Crippen LogP contribution in [0.4, 0.5) is 0 Å². The SMILES string of the molecule is c1ccc(-c2ccc(-c3nc(-c4cccc(-c5ccccc5)c4)nc(-c4cc(-c5ccccc5)cc(-n5c6ccccc6c6ccc7c8ccccc8sc7c65)c4)n3)cc2)cc1. The lowest BCUT2D eigenvalue weighted by molar-refractivity contribution is 1.07. The van der Waals surface area contributed by atoms with Gasteiger partial charge in [-0.25, -0.2) is 15.0 Å². The van der Waals surface area contributed by atoms with Gasteiger partial charge in [-0.3, -0.25) is 0 Å². The molecular formula is C57H36N4S. The quantitative estimate of drug-likeness (QED) is 0.161. The van der Waals surface area contributed by atoms with Gasteiger partial charge in [0.2, 0.25) is 0 Å². The molecule has 0 saturated heterocycles. The molecule has 0 radical (unpaired) electrons. The fraction of sp³-hybridized carbons (Fsp3) is 0. The highest BCUT2D eigenvalue weighted by Crippen LogP contribution is 2.44. The Balaban J connectivity index is 1.11. The summed E-state index contributed by atoms with van der Waals surface area (Å²) in [6, 6.07) is 77.4. The molecule has 0 aliphatic rings. The predicted octanol–water partition coefficient (Wildman–Crippen LogP) is 15.3. The fourth-order valence-electron chi connectivity index (χ4n) is 8.84. The molecule has 0 spiro atoms. The zero-order valence-electron chi connectivity index (χ0n) is 33.5. The van der Waals surface area contributed by atoms with Crippen molar-refractivity contribution in [1.29, 1.82) is 0 Å². The lowest BCUT2D eigenvalue weighted by Gasteiger charge is -2.15. The van der Waals surface area contributed by atoms with Crippen molar-refractivity contribution in [2.24, 2.45) is 0 Å². The lowest BCUT2D eigenvalue weighted by Crippen LogP contribution is -2.02. The summed E-state index contributed by atoms with van der Waals surface area (Å²) in [5.41, 5.74) is 12.9. The van der Waals surface area contributed by atoms with Crippen molar-refractivity contribution in [2.75, 3.05) is 0 Å². The molecule has 0 unspecified atom stereocenters. The molecule has 290 valence electrons. The van der Waals surface area contributed by atoms with Gasteiger partial charge in [0.25, 0.3) is 0 Å². The zero-order chi connectivity index (χ0) is 41.0. The Bertz CT molecular complexity index is 3610. The van der Waals surface area contributed by atoms with Crippen molar-refractivity contribution in [3.63, 3.8) is 0 Å². The van der Waals surface area contributed by atoms with Gasteiger partial charge in [0, 0.05) is 48.6 Å². The van der Waals surface area contributed by atoms with Crippen LogP contribution in [0.2, 0.25) is 0 Å². The summed E-state index contributed by atoms with van der Waals surface area (Å²) < 4.78 is 5.00. The van der Waals surface area contributed by atoms with Gasteiger partial charge >= 0.3 is 0 Å². The highest BCUT2D eigenvalue weighted by molar-refractivity contribution is 7.26. The van der Waals surface area contributed by atoms with Crippen LogP contribution in [0, 0.1) is 0 Å². The van der Waals surface area contributed by atoms with Crippen LogP contribution in [0.3, 0.4) is 0 Å². The number of benzene rings is 9. The van der Waals surface area contributed by atoms with Gasteiger partial charge in [0.1, 0.15) is 0 Å². The number of rotatable bonds is 7. The first kappa shape index (κ1) is 35.9. The Hall–Kier alpha value is -7.99. The number of hydrogen-bond acceptors (Lipinski definition) is 4. The first-order chi connectivity index (χ1) is 30.7. The third kappa shape index (κ3) is 6.26. The summed E-state index contributed by atoms with van der Waals surface area (Å²) in [4.78, 5) is 15.8. The first-order valence-corrected chi connectivity index (χ1v) is 21.7. The molecule has 9 aromatic carbocycles. The molecular weight excluding hydrogens is 773 g/mol. The van der Waals surface area contributed by atoms with Crippen molar-refractivity contribution >= 4 is 53.3 Å². The van der Waals surface area contributed by atoms with Gasteiger partial charge in [-0.05, 0) is 69.8 Å². The normalized spacial score (nSPS) is 11.5. The van der Waals surface area contributed by atoms with Crippen LogP contribution in [0.5, 0.6) is 0 Å². The van der Waals surface area contributed by atoms with Gasteiger partial charge in [0.15, 0.2) is 17.5 Å². The largest absolute Gasteiger partial charge is 0.308 e. The van der Waals surface area contributed by atoms with Crippen molar-refractivity contribution in [2.45, 2.75) is 0 Å². The summed E-state index contributed by atoms with van der Waals surface area (Å²) in [6.45, 7) is 0. The molecule has 0 bridgehead atoms. The molecule has 4 nitrogen and oxygen atoms in total. The maximum Gasteiger partial charge on any atom is 0.164 e. The van der Waals surface area contributed by atoms with Gasteiger partial charge < -0.3 is 4.57 Å². The van der Waals surface area contributed by atoms with Crippen LogP contribution in [0.25, 0.3) is 115 Å². The first-order valence-electron chi connectivity index (χ1n) is 20.8. The molecule has 0 aliphatic heterocycles. The number of fused-ring (bicyclic) bond motifs is 7. The van der Waals surface area contributed by atoms with Crippen molar-refractivity contribution in [1.82, 2.24) is 19.5 Å². The van der Waals surface area contributed by atoms with Crippen LogP contribution in [0.1, 0.15) is 0 Å². The summed E-state index contributed by atoms with van der Waals surface area (Å²) >= 11 is 1.86. The molecule has 5 heteroatoms. The Morgan fingerprint density at radius 2 is 0.790 bits per heavy atom. The maximum atomic E-state index is 5.33. The van der Waals surface area contributed by atoms with Crippen molar-refractivity contribution in [3.8, 4) is 73.2 Å². The van der Waals surface area contributed by atoms with Crippen LogP contribution >= 0.6 is 11.3 Å². The van der Waals surface area contributed by atoms with E-state index in [4.69, 9.17) is 15.0 Å². The van der Waals surface area contributed by atoms with E-state index < -0.39 is 0 Å². The Kier molecular flexibility index (Phi) is 8.65. The predicted molar refractivity (Wildman–Crippen MR) is 260 cm³/mol. The van der Waals surface area contributed by atoms with Gasteiger partial charge in [-0.2, -0.15) is 0 Å². The van der Waals surface area contributed by atoms with Crippen LogP contribution in [0.15, 0.2) is 218 Å². The molecule has 3 heterocycles. The van der Waals surface area contributed by atoms with E-state index in [0.717, 1.165) is 61.3 Å². The molecule has 62 heavy (non-hydrogen) atoms. The van der Waals surface area contributed by atoms with Crippen molar-refractivity contribution < 1.29 is 0 Å². The third-order valence-electron chi connectivity index (χ3n) is 11.8. The van der Waals surface area contributed by atoms with E-state index >= 15 is 0 Å². The number of aromatic nitrogens is 4. The third-order valence-corrected chi connectivity index (χ3v) is 13.0. The summed E-state index contributed by atoms with van der Waals surface area (Å²) in [6.07, 6.45) is 0. The topological polar surface area (TPSA) is 43.6 Å². The number of thiophene rings is 1. The monoisotopic (exact) mass is 808 g/mol. The molecule has 12 rings (SSSR count). The van der Waals surface area contributed by atoms with E-state index in [1.165, 1.54) is 36.5 Å². The second-order valence-corrected chi connectivity index (χ2v) is 16.7. The van der Waals surface area contributed by atoms with Gasteiger partial charge in [-0.1, -0.05) is 182 Å². The minimum absolute atomic E-state index is 0.606. The minimum Gasteiger partial charge on any atom is -0.308 e. The fourth-order valence-corrected chi connectivity index (χ4v) is 10.1. The van der Waals surface area contributed by atoms with E-state index in [2.05, 4.69) is 211 Å². The number of nitrogens with zero attached hydrogens (tertiary/aromatic N) is 4. The second-order valence-electron chi connectivity index (χ2n) is 15.6. The molecule has 3 aromatic heterocycles. The zero-order valence-corrected chi connectivity index (χ0v) is 34.3. The van der Waals surface area contributed by atoms with Crippen LogP contribution in [-0.2, 0) is 0 Å². The van der Waals surface area contributed by atoms with E-state index in [0.29, 0.717) is 17.5 Å². The standard InChI is InChI=1S/C57H36N4S/c1-4-15-37(16-5-1)40-27-29-41(30-28-40)55-58-56(43-22-14-21-42(33-43)38-17-6-2-7-18-38)60-57(59-55)45-34-44(39-19-8-3-9-20-39)35-46(36-45)61-51-25-12-10-23-47(51)49-31-32-50-48-24-11-13-26-52(48)62-54(50)53(49)61/h1-36H. The highest BCUT2D eigenvalue weighted by atomic mass is 32.1. The highest BCUT2D eigenvalue weighted by Gasteiger charge is 2.20. The van der Waals surface area contributed by atoms with E-state index in [1.807, 2.05) is 23.5 Å².